The Morgan fingerprint density at radius 2 is 1.64 bits per heavy atom. The zero-order valence-electron chi connectivity index (χ0n) is 25.6. The number of amides is 3. The monoisotopic (exact) mass is 569 g/mol. The standard InChI is InChI=1S/C35H43N3O4/c1-8-11-22-38(33(40)30(24(4)9-2)37-34(41)42-35(5,6)7)31(29-19-15-14-16-25(29)10-3)32(39)36-28-21-20-26-17-12-13-18-27(26)23-28/h3,12-21,23-24,30-31H,8-9,11,22H2,1-2,4-7H3,(H,36,39)(H,37,41). The molecule has 0 aromatic heterocycles. The number of terminal acetylenes is 1. The molecule has 0 aliphatic rings. The quantitative estimate of drug-likeness (QED) is 0.242. The summed E-state index contributed by atoms with van der Waals surface area (Å²) >= 11 is 0. The number of unbranched alkanes of at least 4 members (excludes halogenated alkanes) is 1. The maximum Gasteiger partial charge on any atom is 0.408 e. The highest BCUT2D eigenvalue weighted by atomic mass is 16.6. The van der Waals surface area contributed by atoms with Crippen LogP contribution in [-0.2, 0) is 14.3 Å². The van der Waals surface area contributed by atoms with Gasteiger partial charge in [0.15, 0.2) is 0 Å². The zero-order chi connectivity index (χ0) is 30.9. The maximum atomic E-state index is 14.4. The molecule has 0 spiro atoms. The fourth-order valence-electron chi connectivity index (χ4n) is 4.79. The minimum atomic E-state index is -1.03. The molecule has 3 unspecified atom stereocenters. The largest absolute Gasteiger partial charge is 0.444 e. The van der Waals surface area contributed by atoms with Crippen molar-refractivity contribution in [2.45, 2.75) is 78.5 Å². The van der Waals surface area contributed by atoms with E-state index in [1.165, 1.54) is 0 Å². The molecule has 0 saturated heterocycles. The molecule has 2 N–H and O–H groups in total. The third-order valence-electron chi connectivity index (χ3n) is 7.17. The first-order valence-corrected chi connectivity index (χ1v) is 14.6. The van der Waals surface area contributed by atoms with Crippen LogP contribution in [0.25, 0.3) is 10.8 Å². The SMILES string of the molecule is C#Cc1ccccc1C(C(=O)Nc1ccc2ccccc2c1)N(CCCC)C(=O)C(NC(=O)OC(C)(C)C)C(C)CC. The van der Waals surface area contributed by atoms with Gasteiger partial charge < -0.3 is 20.3 Å². The van der Waals surface area contributed by atoms with Gasteiger partial charge in [-0.25, -0.2) is 4.79 Å². The van der Waals surface area contributed by atoms with Crippen LogP contribution >= 0.6 is 0 Å². The van der Waals surface area contributed by atoms with E-state index in [-0.39, 0.29) is 11.8 Å². The van der Waals surface area contributed by atoms with Crippen LogP contribution < -0.4 is 10.6 Å². The molecule has 3 rings (SSSR count). The number of hydrogen-bond acceptors (Lipinski definition) is 4. The third-order valence-corrected chi connectivity index (χ3v) is 7.17. The Bertz CT molecular complexity index is 1440. The van der Waals surface area contributed by atoms with Crippen molar-refractivity contribution < 1.29 is 19.1 Å². The summed E-state index contributed by atoms with van der Waals surface area (Å²) in [5, 5.41) is 7.87. The van der Waals surface area contributed by atoms with Crippen molar-refractivity contribution in [2.75, 3.05) is 11.9 Å². The van der Waals surface area contributed by atoms with Gasteiger partial charge in [-0.15, -0.1) is 6.42 Å². The summed E-state index contributed by atoms with van der Waals surface area (Å²) in [4.78, 5) is 43.0. The number of carbonyl (C=O) groups is 3. The van der Waals surface area contributed by atoms with Crippen molar-refractivity contribution in [3.8, 4) is 12.3 Å². The number of ether oxygens (including phenoxy) is 1. The van der Waals surface area contributed by atoms with Gasteiger partial charge in [-0.05, 0) is 67.6 Å². The minimum absolute atomic E-state index is 0.221. The molecule has 3 aromatic rings. The van der Waals surface area contributed by atoms with Gasteiger partial charge in [0, 0.05) is 17.8 Å². The molecule has 0 aliphatic heterocycles. The van der Waals surface area contributed by atoms with Crippen LogP contribution in [0.3, 0.4) is 0 Å². The number of carbonyl (C=O) groups excluding carboxylic acids is 3. The molecule has 0 heterocycles. The van der Waals surface area contributed by atoms with E-state index in [4.69, 9.17) is 11.2 Å². The lowest BCUT2D eigenvalue weighted by Crippen LogP contribution is -2.55. The number of rotatable bonds is 11. The van der Waals surface area contributed by atoms with Crippen molar-refractivity contribution in [2.24, 2.45) is 5.92 Å². The highest BCUT2D eigenvalue weighted by Gasteiger charge is 2.38. The van der Waals surface area contributed by atoms with Gasteiger partial charge in [-0.3, -0.25) is 9.59 Å². The van der Waals surface area contributed by atoms with Crippen molar-refractivity contribution in [3.63, 3.8) is 0 Å². The molecule has 3 atom stereocenters. The van der Waals surface area contributed by atoms with Gasteiger partial charge in [-0.1, -0.05) is 88.1 Å². The first kappa shape index (κ1) is 32.2. The summed E-state index contributed by atoms with van der Waals surface area (Å²) < 4.78 is 5.49. The number of nitrogens with one attached hydrogen (secondary N) is 2. The van der Waals surface area contributed by atoms with Gasteiger partial charge in [0.05, 0.1) is 0 Å². The van der Waals surface area contributed by atoms with Gasteiger partial charge in [-0.2, -0.15) is 0 Å². The highest BCUT2D eigenvalue weighted by molar-refractivity contribution is 6.00. The summed E-state index contributed by atoms with van der Waals surface area (Å²) in [5.74, 6) is 1.70. The van der Waals surface area contributed by atoms with Gasteiger partial charge in [0.25, 0.3) is 5.91 Å². The third kappa shape index (κ3) is 8.36. The topological polar surface area (TPSA) is 87.7 Å². The molecule has 7 nitrogen and oxygen atoms in total. The lowest BCUT2D eigenvalue weighted by atomic mass is 9.94. The molecular weight excluding hydrogens is 526 g/mol. The fraction of sp³-hybridized carbons (Fsp3) is 0.400. The van der Waals surface area contributed by atoms with E-state index in [1.807, 2.05) is 63.2 Å². The molecule has 3 amide bonds. The first-order chi connectivity index (χ1) is 20.0. The molecule has 0 fully saturated rings. The number of anilines is 1. The second-order valence-corrected chi connectivity index (χ2v) is 11.6. The number of fused-ring (bicyclic) bond motifs is 1. The molecule has 3 aromatic carbocycles. The minimum Gasteiger partial charge on any atom is -0.444 e. The summed E-state index contributed by atoms with van der Waals surface area (Å²) in [7, 11) is 0. The Kier molecular flexibility index (Phi) is 11.2. The summed E-state index contributed by atoms with van der Waals surface area (Å²) in [5.41, 5.74) is 0.937. The van der Waals surface area contributed by atoms with Gasteiger partial charge in [0.1, 0.15) is 17.7 Å². The Hall–Kier alpha value is -4.31. The zero-order valence-corrected chi connectivity index (χ0v) is 25.6. The Morgan fingerprint density at radius 3 is 2.29 bits per heavy atom. The highest BCUT2D eigenvalue weighted by Crippen LogP contribution is 2.29. The average molecular weight is 570 g/mol. The van der Waals surface area contributed by atoms with Crippen LogP contribution in [0.5, 0.6) is 0 Å². The number of hydrogen-bond donors (Lipinski definition) is 2. The molecule has 0 radical (unpaired) electrons. The number of alkyl carbamates (subject to hydrolysis) is 1. The van der Waals surface area contributed by atoms with Crippen molar-refractivity contribution in [3.05, 3.63) is 77.9 Å². The molecular formula is C35H43N3O4. The lowest BCUT2D eigenvalue weighted by molar-refractivity contribution is -0.142. The van der Waals surface area contributed by atoms with E-state index >= 15 is 0 Å². The number of nitrogens with zero attached hydrogens (tertiary/aromatic N) is 1. The van der Waals surface area contributed by atoms with Crippen LogP contribution in [0, 0.1) is 18.3 Å². The first-order valence-electron chi connectivity index (χ1n) is 14.6. The molecule has 0 saturated carbocycles. The van der Waals surface area contributed by atoms with Gasteiger partial charge in [0.2, 0.25) is 5.91 Å². The summed E-state index contributed by atoms with van der Waals surface area (Å²) in [6.07, 6.45) is 7.28. The average Bonchev–Trinajstić information content (AvgIpc) is 2.96. The van der Waals surface area contributed by atoms with Gasteiger partial charge >= 0.3 is 6.09 Å². The van der Waals surface area contributed by atoms with Crippen LogP contribution in [-0.4, -0.2) is 41.0 Å². The lowest BCUT2D eigenvalue weighted by Gasteiger charge is -2.36. The van der Waals surface area contributed by atoms with E-state index < -0.39 is 29.7 Å². The molecule has 42 heavy (non-hydrogen) atoms. The van der Waals surface area contributed by atoms with E-state index in [2.05, 4.69) is 16.6 Å². The second kappa shape index (κ2) is 14.5. The summed E-state index contributed by atoms with van der Waals surface area (Å²) in [6.45, 7) is 11.5. The number of benzene rings is 3. The predicted octanol–water partition coefficient (Wildman–Crippen LogP) is 7.07. The Balaban J connectivity index is 2.08. The summed E-state index contributed by atoms with van der Waals surface area (Å²) in [6, 6.07) is 18.8. The van der Waals surface area contributed by atoms with E-state index in [1.54, 1.807) is 49.9 Å². The van der Waals surface area contributed by atoms with Crippen molar-refractivity contribution in [1.29, 1.82) is 0 Å². The smallest absolute Gasteiger partial charge is 0.408 e. The molecule has 222 valence electrons. The van der Waals surface area contributed by atoms with Crippen molar-refractivity contribution in [1.82, 2.24) is 10.2 Å². The fourth-order valence-corrected chi connectivity index (χ4v) is 4.79. The normalized spacial score (nSPS) is 13.4. The Morgan fingerprint density at radius 1 is 0.976 bits per heavy atom. The van der Waals surface area contributed by atoms with Crippen LogP contribution in [0.2, 0.25) is 0 Å². The second-order valence-electron chi connectivity index (χ2n) is 11.6. The van der Waals surface area contributed by atoms with E-state index in [0.717, 1.165) is 17.2 Å². The maximum absolute atomic E-state index is 14.4. The van der Waals surface area contributed by atoms with E-state index in [9.17, 15) is 14.4 Å². The predicted molar refractivity (Wildman–Crippen MR) is 169 cm³/mol. The van der Waals surface area contributed by atoms with E-state index in [0.29, 0.717) is 36.2 Å². The van der Waals surface area contributed by atoms with Crippen LogP contribution in [0.1, 0.15) is 78.0 Å². The molecule has 7 heteroatoms. The van der Waals surface area contributed by atoms with Crippen LogP contribution in [0.4, 0.5) is 10.5 Å². The molecule has 0 aliphatic carbocycles. The molecule has 0 bridgehead atoms. The van der Waals surface area contributed by atoms with Crippen LogP contribution in [0.15, 0.2) is 66.7 Å². The van der Waals surface area contributed by atoms with Crippen molar-refractivity contribution >= 4 is 34.4 Å². The Labute approximate surface area is 250 Å².